The van der Waals surface area contributed by atoms with Crippen molar-refractivity contribution in [3.05, 3.63) is 59.4 Å². The van der Waals surface area contributed by atoms with Gasteiger partial charge in [-0.25, -0.2) is 9.13 Å². The third-order valence-corrected chi connectivity index (χ3v) is 9.14. The van der Waals surface area contributed by atoms with Crippen molar-refractivity contribution < 1.29 is 37.0 Å². The number of nitrogens with zero attached hydrogens (tertiary/aromatic N) is 4. The molecule has 0 fully saturated rings. The summed E-state index contributed by atoms with van der Waals surface area (Å²) in [6.45, 7) is 6.81. The smallest absolute Gasteiger partial charge is 0.330 e. The monoisotopic (exact) mass is 572 g/mol. The normalized spacial score (nSPS) is 15.1. The highest BCUT2D eigenvalue weighted by atomic mass is 31.2. The van der Waals surface area contributed by atoms with Crippen LogP contribution in [0.1, 0.15) is 46.8 Å². The summed E-state index contributed by atoms with van der Waals surface area (Å²) in [5, 5.41) is 0. The molecule has 0 spiro atoms. The van der Waals surface area contributed by atoms with Gasteiger partial charge in [-0.1, -0.05) is 12.1 Å². The molecule has 0 bridgehead atoms. The zero-order valence-electron chi connectivity index (χ0n) is 24.4. The number of imidazole rings is 1. The molecule has 2 heterocycles. The second-order valence-electron chi connectivity index (χ2n) is 10.9. The van der Waals surface area contributed by atoms with E-state index in [-0.39, 0.29) is 31.6 Å². The van der Waals surface area contributed by atoms with E-state index in [9.17, 15) is 14.2 Å². The minimum Gasteiger partial charge on any atom is -0.491 e. The first-order valence-electron chi connectivity index (χ1n) is 13.7. The fourth-order valence-corrected chi connectivity index (χ4v) is 6.44. The van der Waals surface area contributed by atoms with E-state index in [4.69, 9.17) is 13.8 Å². The molecule has 40 heavy (non-hydrogen) atoms. The predicted molar refractivity (Wildman–Crippen MR) is 153 cm³/mol. The fraction of sp³-hybridized carbons (Fsp3) is 0.483. The summed E-state index contributed by atoms with van der Waals surface area (Å²) in [5.74, 6) is 0.970. The SMILES string of the molecule is CCn1c(CN2C(=O)c3ccccc3C2=O)[n+](CC)c2ccc(OCCOP(=O)(CCC[N+](C)(C)C)OC)cc21. The Balaban J connectivity index is 1.47. The van der Waals surface area contributed by atoms with Crippen molar-refractivity contribution >= 4 is 30.4 Å². The summed E-state index contributed by atoms with van der Waals surface area (Å²) in [7, 11) is 4.52. The Morgan fingerprint density at radius 3 is 2.23 bits per heavy atom. The van der Waals surface area contributed by atoms with E-state index in [1.54, 1.807) is 24.3 Å². The van der Waals surface area contributed by atoms with Gasteiger partial charge < -0.3 is 18.3 Å². The minimum atomic E-state index is -3.17. The molecule has 4 rings (SSSR count). The Hall–Kier alpha value is -3.04. The predicted octanol–water partition coefficient (Wildman–Crippen LogP) is 4.10. The van der Waals surface area contributed by atoms with Gasteiger partial charge in [-0.05, 0) is 38.1 Å². The summed E-state index contributed by atoms with van der Waals surface area (Å²) < 4.78 is 34.7. The van der Waals surface area contributed by atoms with Gasteiger partial charge in [0.2, 0.25) is 0 Å². The van der Waals surface area contributed by atoms with E-state index in [0.717, 1.165) is 34.3 Å². The minimum absolute atomic E-state index is 0.141. The highest BCUT2D eigenvalue weighted by Crippen LogP contribution is 2.47. The lowest BCUT2D eigenvalue weighted by Gasteiger charge is -2.24. The van der Waals surface area contributed by atoms with Gasteiger partial charge in [0, 0.05) is 19.6 Å². The highest BCUT2D eigenvalue weighted by Gasteiger charge is 2.38. The van der Waals surface area contributed by atoms with Crippen molar-refractivity contribution in [3.63, 3.8) is 0 Å². The van der Waals surface area contributed by atoms with Crippen molar-refractivity contribution in [2.45, 2.75) is 39.9 Å². The van der Waals surface area contributed by atoms with Gasteiger partial charge in [0.05, 0.1) is 64.7 Å². The van der Waals surface area contributed by atoms with E-state index in [1.807, 2.05) is 32.0 Å². The highest BCUT2D eigenvalue weighted by molar-refractivity contribution is 7.53. The second kappa shape index (κ2) is 12.2. The standard InChI is InChI=1S/C29H41N4O6P/c1-7-30-25-15-14-22(38-17-18-39-40(36,37-6)19-11-16-33(3,4)5)20-26(25)31(8-2)27(30)21-32-28(34)23-12-9-10-13-24(23)29(32)35/h9-10,12-15,20H,7-8,11,16-19,21H2,1-6H3/q+2. The molecule has 1 atom stereocenters. The summed E-state index contributed by atoms with van der Waals surface area (Å²) in [6, 6.07) is 12.8. The van der Waals surface area contributed by atoms with Crippen molar-refractivity contribution in [1.29, 1.82) is 0 Å². The lowest BCUT2D eigenvalue weighted by atomic mass is 10.1. The second-order valence-corrected chi connectivity index (χ2v) is 13.2. The molecule has 1 unspecified atom stereocenters. The number of benzene rings is 2. The number of imide groups is 1. The maximum atomic E-state index is 13.0. The van der Waals surface area contributed by atoms with E-state index in [2.05, 4.69) is 30.3 Å². The van der Waals surface area contributed by atoms with Gasteiger partial charge >= 0.3 is 7.60 Å². The number of amides is 2. The molecule has 1 aromatic heterocycles. The first-order chi connectivity index (χ1) is 19.0. The summed E-state index contributed by atoms with van der Waals surface area (Å²) in [6.07, 6.45) is 1.10. The van der Waals surface area contributed by atoms with Gasteiger partial charge in [0.25, 0.3) is 17.6 Å². The molecule has 216 valence electrons. The molecule has 11 heteroatoms. The van der Waals surface area contributed by atoms with Crippen LogP contribution in [0, 0.1) is 0 Å². The van der Waals surface area contributed by atoms with Crippen molar-refractivity contribution in [1.82, 2.24) is 9.47 Å². The van der Waals surface area contributed by atoms with Crippen LogP contribution in [0.2, 0.25) is 0 Å². The van der Waals surface area contributed by atoms with Crippen molar-refractivity contribution in [3.8, 4) is 5.75 Å². The molecule has 0 aliphatic carbocycles. The Morgan fingerprint density at radius 2 is 1.65 bits per heavy atom. The Morgan fingerprint density at radius 1 is 0.975 bits per heavy atom. The third kappa shape index (κ3) is 6.31. The van der Waals surface area contributed by atoms with E-state index < -0.39 is 7.60 Å². The number of carbonyl (C=O) groups excluding carboxylic acids is 2. The van der Waals surface area contributed by atoms with Gasteiger partial charge in [-0.3, -0.25) is 19.1 Å². The number of quaternary nitrogens is 1. The number of aromatic nitrogens is 2. The van der Waals surface area contributed by atoms with Crippen LogP contribution in [-0.2, 0) is 33.2 Å². The molecular weight excluding hydrogens is 531 g/mol. The average Bonchev–Trinajstić information content (AvgIpc) is 3.36. The molecule has 1 aliphatic heterocycles. The van der Waals surface area contributed by atoms with Crippen molar-refractivity contribution in [2.24, 2.45) is 0 Å². The van der Waals surface area contributed by atoms with E-state index in [1.165, 1.54) is 12.0 Å². The Labute approximate surface area is 236 Å². The fourth-order valence-electron chi connectivity index (χ4n) is 5.14. The lowest BCUT2D eigenvalue weighted by Crippen LogP contribution is -2.41. The maximum absolute atomic E-state index is 13.0. The summed E-state index contributed by atoms with van der Waals surface area (Å²) >= 11 is 0. The van der Waals surface area contributed by atoms with Crippen LogP contribution in [0.25, 0.3) is 11.0 Å². The summed E-state index contributed by atoms with van der Waals surface area (Å²) in [5.41, 5.74) is 2.82. The first-order valence-corrected chi connectivity index (χ1v) is 15.5. The van der Waals surface area contributed by atoms with Crippen LogP contribution in [-0.4, -0.2) is 79.9 Å². The molecule has 0 radical (unpaired) electrons. The molecule has 10 nitrogen and oxygen atoms in total. The molecule has 0 saturated carbocycles. The van der Waals surface area contributed by atoms with Crippen LogP contribution in [0.3, 0.4) is 0 Å². The summed E-state index contributed by atoms with van der Waals surface area (Å²) in [4.78, 5) is 27.4. The lowest BCUT2D eigenvalue weighted by molar-refractivity contribution is -0.870. The molecule has 0 N–H and O–H groups in total. The van der Waals surface area contributed by atoms with Crippen LogP contribution in [0.5, 0.6) is 5.75 Å². The molecule has 3 aromatic rings. The van der Waals surface area contributed by atoms with Gasteiger partial charge in [-0.15, -0.1) is 0 Å². The Bertz CT molecular complexity index is 1410. The van der Waals surface area contributed by atoms with Crippen LogP contribution >= 0.6 is 7.60 Å². The molecule has 2 aromatic carbocycles. The number of ether oxygens (including phenoxy) is 1. The van der Waals surface area contributed by atoms with Gasteiger partial charge in [-0.2, -0.15) is 0 Å². The zero-order valence-corrected chi connectivity index (χ0v) is 25.3. The maximum Gasteiger partial charge on any atom is 0.330 e. The van der Waals surface area contributed by atoms with Crippen molar-refractivity contribution in [2.75, 3.05) is 54.2 Å². The third-order valence-electron chi connectivity index (χ3n) is 7.14. The number of hydrogen-bond donors (Lipinski definition) is 0. The molecular formula is C29H41N4O6P+2. The quantitative estimate of drug-likeness (QED) is 0.0950. The topological polar surface area (TPSA) is 91.0 Å². The average molecular weight is 573 g/mol. The number of hydrogen-bond acceptors (Lipinski definition) is 6. The largest absolute Gasteiger partial charge is 0.491 e. The first kappa shape index (κ1) is 29.9. The van der Waals surface area contributed by atoms with Crippen LogP contribution in [0.15, 0.2) is 42.5 Å². The Kier molecular flexibility index (Phi) is 9.15. The van der Waals surface area contributed by atoms with Gasteiger partial charge in [0.15, 0.2) is 11.0 Å². The number of aryl methyl sites for hydroxylation is 2. The van der Waals surface area contributed by atoms with Gasteiger partial charge in [0.1, 0.15) is 18.9 Å². The number of rotatable bonds is 14. The molecule has 1 aliphatic rings. The number of fused-ring (bicyclic) bond motifs is 2. The number of carbonyl (C=O) groups is 2. The molecule has 2 amide bonds. The van der Waals surface area contributed by atoms with Crippen LogP contribution in [0.4, 0.5) is 0 Å². The van der Waals surface area contributed by atoms with E-state index >= 15 is 0 Å². The molecule has 0 saturated heterocycles. The zero-order chi connectivity index (χ0) is 29.1. The van der Waals surface area contributed by atoms with Crippen LogP contribution < -0.4 is 9.30 Å². The van der Waals surface area contributed by atoms with E-state index in [0.29, 0.717) is 36.1 Å².